The van der Waals surface area contributed by atoms with Crippen LogP contribution in [-0.4, -0.2) is 28.5 Å². The maximum atomic E-state index is 13.3. The summed E-state index contributed by atoms with van der Waals surface area (Å²) in [5.74, 6) is -2.96. The maximum Gasteiger partial charge on any atom is 0.317 e. The number of rotatable bonds is 4. The van der Waals surface area contributed by atoms with Crippen LogP contribution in [0.1, 0.15) is 32.2 Å². The molecule has 2 aromatic carbocycles. The van der Waals surface area contributed by atoms with E-state index in [0.717, 1.165) is 0 Å². The van der Waals surface area contributed by atoms with Crippen molar-refractivity contribution in [2.24, 2.45) is 0 Å². The van der Waals surface area contributed by atoms with Crippen molar-refractivity contribution in [1.29, 1.82) is 0 Å². The normalized spacial score (nSPS) is 17.8. The van der Waals surface area contributed by atoms with Crippen molar-refractivity contribution in [2.45, 2.75) is 5.92 Å². The highest BCUT2D eigenvalue weighted by Crippen LogP contribution is 2.44. The lowest BCUT2D eigenvalue weighted by atomic mass is 9.77. The molecule has 10 heteroatoms. The molecule has 1 aliphatic heterocycles. The Balaban J connectivity index is 1.97. The van der Waals surface area contributed by atoms with Gasteiger partial charge in [-0.1, -0.05) is 36.4 Å². The standard InChI is InChI=1S/C20H13N3O7/c1-21-20-16(23(28)29)14(10-6-8-11(9-7-10)22(26)27)15-17(24)12-4-2-3-5-13(12)18(25)19(15)30-20/h2-9,14,21H,1H3. The van der Waals surface area contributed by atoms with Crippen molar-refractivity contribution < 1.29 is 24.2 Å². The number of ether oxygens (including phenoxy) is 1. The molecule has 10 nitrogen and oxygen atoms in total. The number of benzene rings is 2. The van der Waals surface area contributed by atoms with Crippen molar-refractivity contribution >= 4 is 17.3 Å². The highest BCUT2D eigenvalue weighted by atomic mass is 16.6. The lowest BCUT2D eigenvalue weighted by molar-refractivity contribution is -0.433. The van der Waals surface area contributed by atoms with Crippen LogP contribution in [0.3, 0.4) is 0 Å². The lowest BCUT2D eigenvalue weighted by Crippen LogP contribution is -2.35. The molecule has 0 spiro atoms. The molecule has 0 radical (unpaired) electrons. The van der Waals surface area contributed by atoms with Crippen molar-refractivity contribution in [3.63, 3.8) is 0 Å². The second-order valence-corrected chi connectivity index (χ2v) is 6.55. The molecule has 0 fully saturated rings. The summed E-state index contributed by atoms with van der Waals surface area (Å²) in [6.45, 7) is 0. The number of Topliss-reactive ketones (excluding diaryl/α,β-unsaturated/α-hetero) is 2. The molecule has 1 unspecified atom stereocenters. The third kappa shape index (κ3) is 2.73. The van der Waals surface area contributed by atoms with Crippen molar-refractivity contribution in [2.75, 3.05) is 7.05 Å². The van der Waals surface area contributed by atoms with E-state index in [0.29, 0.717) is 0 Å². The van der Waals surface area contributed by atoms with Gasteiger partial charge in [0.1, 0.15) is 5.92 Å². The summed E-state index contributed by atoms with van der Waals surface area (Å²) >= 11 is 0. The smallest absolute Gasteiger partial charge is 0.317 e. The highest BCUT2D eigenvalue weighted by molar-refractivity contribution is 6.27. The third-order valence-corrected chi connectivity index (χ3v) is 4.97. The molecule has 1 heterocycles. The van der Waals surface area contributed by atoms with E-state index in [1.807, 2.05) is 0 Å². The number of nitrogens with zero attached hydrogens (tertiary/aromatic N) is 2. The van der Waals surface area contributed by atoms with Crippen LogP contribution in [-0.2, 0) is 4.74 Å². The first kappa shape index (κ1) is 19.0. The molecule has 1 atom stereocenters. The Morgan fingerprint density at radius 1 is 0.900 bits per heavy atom. The number of fused-ring (bicyclic) bond motifs is 1. The molecule has 0 amide bonds. The van der Waals surface area contributed by atoms with E-state index in [9.17, 15) is 29.8 Å². The molecule has 0 saturated heterocycles. The van der Waals surface area contributed by atoms with Gasteiger partial charge in [0.25, 0.3) is 11.6 Å². The summed E-state index contributed by atoms with van der Waals surface area (Å²) in [5, 5.41) is 25.4. The first-order valence-electron chi connectivity index (χ1n) is 8.76. The first-order chi connectivity index (χ1) is 14.3. The van der Waals surface area contributed by atoms with Gasteiger partial charge in [-0.05, 0) is 5.56 Å². The number of ketones is 2. The SMILES string of the molecule is CNC1=C([N+](=O)[O-])C(c2ccc([N+](=O)[O-])cc2)C2=C(O1)C(=O)c1ccccc1C2=O. The first-order valence-corrected chi connectivity index (χ1v) is 8.76. The van der Waals surface area contributed by atoms with Crippen molar-refractivity contribution in [1.82, 2.24) is 5.32 Å². The minimum atomic E-state index is -1.25. The number of hydrogen-bond donors (Lipinski definition) is 1. The van der Waals surface area contributed by atoms with Gasteiger partial charge in [-0.3, -0.25) is 29.8 Å². The van der Waals surface area contributed by atoms with Gasteiger partial charge in [0.15, 0.2) is 11.5 Å². The average molecular weight is 407 g/mol. The number of nitrogens with one attached hydrogen (secondary N) is 1. The summed E-state index contributed by atoms with van der Waals surface area (Å²) in [4.78, 5) is 47.8. The molecule has 150 valence electrons. The Morgan fingerprint density at radius 2 is 1.50 bits per heavy atom. The second-order valence-electron chi connectivity index (χ2n) is 6.55. The van der Waals surface area contributed by atoms with E-state index in [1.54, 1.807) is 12.1 Å². The number of non-ortho nitro benzene ring substituents is 1. The molecule has 1 N–H and O–H groups in total. The van der Waals surface area contributed by atoms with Gasteiger partial charge < -0.3 is 10.1 Å². The van der Waals surface area contributed by atoms with Gasteiger partial charge in [-0.15, -0.1) is 0 Å². The minimum absolute atomic E-state index is 0.118. The zero-order valence-corrected chi connectivity index (χ0v) is 15.4. The van der Waals surface area contributed by atoms with E-state index < -0.39 is 33.0 Å². The van der Waals surface area contributed by atoms with Crippen molar-refractivity contribution in [3.8, 4) is 0 Å². The Bertz CT molecular complexity index is 1200. The van der Waals surface area contributed by atoms with E-state index in [4.69, 9.17) is 4.74 Å². The fourth-order valence-corrected chi connectivity index (χ4v) is 3.64. The van der Waals surface area contributed by atoms with Gasteiger partial charge >= 0.3 is 5.70 Å². The summed E-state index contributed by atoms with van der Waals surface area (Å²) < 4.78 is 5.49. The van der Waals surface area contributed by atoms with Crippen LogP contribution in [0.2, 0.25) is 0 Å². The van der Waals surface area contributed by atoms with Crippen LogP contribution < -0.4 is 5.32 Å². The predicted octanol–water partition coefficient (Wildman–Crippen LogP) is 2.71. The van der Waals surface area contributed by atoms with Gasteiger partial charge in [-0.25, -0.2) is 0 Å². The van der Waals surface area contributed by atoms with Crippen LogP contribution in [0.25, 0.3) is 0 Å². The Hall–Kier alpha value is -4.34. The summed E-state index contributed by atoms with van der Waals surface area (Å²) in [5.41, 5.74) is -0.340. The number of hydrogen-bond acceptors (Lipinski definition) is 8. The second kappa shape index (κ2) is 6.92. The Morgan fingerprint density at radius 3 is 2.03 bits per heavy atom. The average Bonchev–Trinajstić information content (AvgIpc) is 2.75. The van der Waals surface area contributed by atoms with Gasteiger partial charge in [0.05, 0.1) is 15.4 Å². The molecular weight excluding hydrogens is 394 g/mol. The number of allylic oxidation sites excluding steroid dienone is 2. The topological polar surface area (TPSA) is 142 Å². The van der Waals surface area contributed by atoms with Crippen LogP contribution in [0.15, 0.2) is 71.4 Å². The summed E-state index contributed by atoms with van der Waals surface area (Å²) in [7, 11) is 1.39. The molecule has 2 aliphatic rings. The zero-order valence-electron chi connectivity index (χ0n) is 15.4. The van der Waals surface area contributed by atoms with E-state index in [2.05, 4.69) is 5.32 Å². The molecule has 30 heavy (non-hydrogen) atoms. The minimum Gasteiger partial charge on any atom is -0.431 e. The lowest BCUT2D eigenvalue weighted by Gasteiger charge is -2.30. The Labute approximate surface area is 168 Å². The van der Waals surface area contributed by atoms with E-state index in [1.165, 1.54) is 43.4 Å². The Kier molecular flexibility index (Phi) is 4.38. The van der Waals surface area contributed by atoms with Gasteiger partial charge in [0.2, 0.25) is 5.78 Å². The van der Waals surface area contributed by atoms with Crippen molar-refractivity contribution in [3.05, 3.63) is 108 Å². The summed E-state index contributed by atoms with van der Waals surface area (Å²) in [6, 6.07) is 11.2. The van der Waals surface area contributed by atoms with Crippen LogP contribution in [0.5, 0.6) is 0 Å². The number of nitro groups is 2. The molecular formula is C20H13N3O7. The van der Waals surface area contributed by atoms with Crippen LogP contribution >= 0.6 is 0 Å². The molecule has 2 aromatic rings. The molecule has 0 bridgehead atoms. The fraction of sp³-hybridized carbons (Fsp3) is 0.100. The predicted molar refractivity (Wildman–Crippen MR) is 102 cm³/mol. The maximum absolute atomic E-state index is 13.3. The quantitative estimate of drug-likeness (QED) is 0.602. The summed E-state index contributed by atoms with van der Waals surface area (Å²) in [6.07, 6.45) is 0. The number of nitro benzene ring substituents is 1. The van der Waals surface area contributed by atoms with Crippen LogP contribution in [0, 0.1) is 20.2 Å². The van der Waals surface area contributed by atoms with Gasteiger partial charge in [-0.2, -0.15) is 0 Å². The van der Waals surface area contributed by atoms with E-state index >= 15 is 0 Å². The largest absolute Gasteiger partial charge is 0.431 e. The van der Waals surface area contributed by atoms with Gasteiger partial charge in [0, 0.05) is 30.3 Å². The molecule has 0 saturated carbocycles. The van der Waals surface area contributed by atoms with Crippen LogP contribution in [0.4, 0.5) is 5.69 Å². The zero-order chi connectivity index (χ0) is 21.6. The highest BCUT2D eigenvalue weighted by Gasteiger charge is 2.48. The fourth-order valence-electron chi connectivity index (χ4n) is 3.64. The monoisotopic (exact) mass is 407 g/mol. The third-order valence-electron chi connectivity index (χ3n) is 4.97. The number of carbonyl (C=O) groups excluding carboxylic acids is 2. The van der Waals surface area contributed by atoms with E-state index in [-0.39, 0.29) is 39.6 Å². The number of carbonyl (C=O) groups is 2. The molecule has 4 rings (SSSR count). The molecule has 1 aliphatic carbocycles. The molecule has 0 aromatic heterocycles.